The van der Waals surface area contributed by atoms with Crippen molar-refractivity contribution >= 4 is 5.91 Å². The molecule has 0 spiro atoms. The highest BCUT2D eigenvalue weighted by atomic mass is 16.2. The SMILES string of the molecule is Cn1cc(C(=O)N2CCN(CCc3ccccc3)CC2)c2nn(-c3ccccc3)c(=O)c-2c1. The monoisotopic (exact) mass is 441 g/mol. The zero-order valence-corrected chi connectivity index (χ0v) is 18.7. The fraction of sp³-hybridized carbons (Fsp3) is 0.269. The second-order valence-corrected chi connectivity index (χ2v) is 8.52. The van der Waals surface area contributed by atoms with Crippen molar-refractivity contribution in [3.05, 3.63) is 94.5 Å². The van der Waals surface area contributed by atoms with E-state index in [9.17, 15) is 9.59 Å². The fourth-order valence-electron chi connectivity index (χ4n) is 4.41. The van der Waals surface area contributed by atoms with Crippen molar-refractivity contribution in [2.45, 2.75) is 6.42 Å². The first-order valence-electron chi connectivity index (χ1n) is 11.3. The third-order valence-electron chi connectivity index (χ3n) is 6.25. The van der Waals surface area contributed by atoms with Crippen LogP contribution in [0.15, 0.2) is 77.9 Å². The minimum Gasteiger partial charge on any atom is -0.356 e. The van der Waals surface area contributed by atoms with Gasteiger partial charge in [-0.1, -0.05) is 48.5 Å². The molecule has 2 aromatic rings. The summed E-state index contributed by atoms with van der Waals surface area (Å²) in [6.07, 6.45) is 4.52. The summed E-state index contributed by atoms with van der Waals surface area (Å²) in [7, 11) is 1.83. The zero-order valence-electron chi connectivity index (χ0n) is 18.7. The molecule has 0 aromatic heterocycles. The molecule has 0 N–H and O–H groups in total. The maximum Gasteiger partial charge on any atom is 0.282 e. The maximum atomic E-state index is 13.5. The lowest BCUT2D eigenvalue weighted by atomic mass is 10.1. The van der Waals surface area contributed by atoms with Gasteiger partial charge in [0.15, 0.2) is 0 Å². The van der Waals surface area contributed by atoms with E-state index < -0.39 is 0 Å². The number of carbonyl (C=O) groups excluding carboxylic acids is 1. The minimum absolute atomic E-state index is 0.0726. The van der Waals surface area contributed by atoms with E-state index in [-0.39, 0.29) is 11.5 Å². The Labute approximate surface area is 192 Å². The van der Waals surface area contributed by atoms with Crippen molar-refractivity contribution < 1.29 is 4.79 Å². The quantitative estimate of drug-likeness (QED) is 0.478. The molecule has 0 saturated carbocycles. The Morgan fingerprint density at radius 3 is 2.27 bits per heavy atom. The van der Waals surface area contributed by atoms with Gasteiger partial charge in [-0.05, 0) is 24.1 Å². The number of amides is 1. The number of aromatic nitrogens is 3. The second kappa shape index (κ2) is 9.03. The lowest BCUT2D eigenvalue weighted by Gasteiger charge is -2.35. The molecule has 168 valence electrons. The molecule has 0 bridgehead atoms. The van der Waals surface area contributed by atoms with Gasteiger partial charge in [-0.2, -0.15) is 9.78 Å². The Bertz CT molecular complexity index is 1270. The van der Waals surface area contributed by atoms with Gasteiger partial charge < -0.3 is 9.47 Å². The molecule has 1 amide bonds. The number of nitrogens with zero attached hydrogens (tertiary/aromatic N) is 5. The van der Waals surface area contributed by atoms with Gasteiger partial charge in [0, 0.05) is 52.2 Å². The number of rotatable bonds is 5. The van der Waals surface area contributed by atoms with Gasteiger partial charge in [0.05, 0.1) is 16.8 Å². The smallest absolute Gasteiger partial charge is 0.282 e. The summed E-state index contributed by atoms with van der Waals surface area (Å²) in [5.41, 5.74) is 3.18. The fourth-order valence-corrected chi connectivity index (χ4v) is 4.41. The molecule has 0 atom stereocenters. The summed E-state index contributed by atoms with van der Waals surface area (Å²) >= 11 is 0. The molecule has 7 heteroatoms. The summed E-state index contributed by atoms with van der Waals surface area (Å²) in [6, 6.07) is 19.8. The first-order chi connectivity index (χ1) is 16.1. The van der Waals surface area contributed by atoms with E-state index in [4.69, 9.17) is 0 Å². The van der Waals surface area contributed by atoms with Gasteiger partial charge in [-0.25, -0.2) is 0 Å². The predicted molar refractivity (Wildman–Crippen MR) is 128 cm³/mol. The average molecular weight is 442 g/mol. The predicted octanol–water partition coefficient (Wildman–Crippen LogP) is 2.68. The molecule has 3 aliphatic rings. The van der Waals surface area contributed by atoms with Crippen molar-refractivity contribution in [3.63, 3.8) is 0 Å². The van der Waals surface area contributed by atoms with Crippen molar-refractivity contribution in [2.75, 3.05) is 32.7 Å². The number of fused-ring (bicyclic) bond motifs is 1. The molecule has 33 heavy (non-hydrogen) atoms. The Morgan fingerprint density at radius 1 is 0.909 bits per heavy atom. The van der Waals surface area contributed by atoms with Crippen LogP contribution in [0, 0.1) is 0 Å². The summed E-state index contributed by atoms with van der Waals surface area (Å²) in [6.45, 7) is 3.99. The second-order valence-electron chi connectivity index (χ2n) is 8.52. The number of piperazine rings is 1. The molecule has 7 nitrogen and oxygen atoms in total. The van der Waals surface area contributed by atoms with Gasteiger partial charge in [0.25, 0.3) is 11.5 Å². The van der Waals surface area contributed by atoms with Crippen molar-refractivity contribution in [1.82, 2.24) is 24.1 Å². The number of hydrogen-bond donors (Lipinski definition) is 0. The lowest BCUT2D eigenvalue weighted by Crippen LogP contribution is -2.49. The zero-order chi connectivity index (χ0) is 22.8. The molecule has 1 fully saturated rings. The number of aryl methyl sites for hydroxylation is 1. The third-order valence-corrected chi connectivity index (χ3v) is 6.25. The van der Waals surface area contributed by atoms with Gasteiger partial charge in [-0.15, -0.1) is 0 Å². The molecule has 5 rings (SSSR count). The maximum absolute atomic E-state index is 13.5. The topological polar surface area (TPSA) is 63.4 Å². The average Bonchev–Trinajstić information content (AvgIpc) is 3.19. The van der Waals surface area contributed by atoms with Gasteiger partial charge in [-0.3, -0.25) is 14.5 Å². The van der Waals surface area contributed by atoms with Crippen LogP contribution in [0.2, 0.25) is 0 Å². The molecule has 0 radical (unpaired) electrons. The van der Waals surface area contributed by atoms with Crippen LogP contribution in [-0.4, -0.2) is 62.8 Å². The highest BCUT2D eigenvalue weighted by Gasteiger charge is 2.28. The molecule has 3 aliphatic heterocycles. The Balaban J connectivity index is 1.33. The molecule has 0 unspecified atom stereocenters. The Hall–Kier alpha value is -3.71. The van der Waals surface area contributed by atoms with E-state index >= 15 is 0 Å². The van der Waals surface area contributed by atoms with E-state index in [0.717, 1.165) is 26.1 Å². The first-order valence-corrected chi connectivity index (χ1v) is 11.3. The van der Waals surface area contributed by atoms with E-state index in [1.54, 1.807) is 17.0 Å². The summed E-state index contributed by atoms with van der Waals surface area (Å²) in [5.74, 6) is -0.0726. The summed E-state index contributed by atoms with van der Waals surface area (Å²) < 4.78 is 3.15. The Kier molecular flexibility index (Phi) is 5.79. The van der Waals surface area contributed by atoms with E-state index in [2.05, 4.69) is 34.3 Å². The van der Waals surface area contributed by atoms with Gasteiger partial charge in [0.2, 0.25) is 0 Å². The van der Waals surface area contributed by atoms with Crippen molar-refractivity contribution in [1.29, 1.82) is 0 Å². The van der Waals surface area contributed by atoms with Crippen molar-refractivity contribution in [2.24, 2.45) is 7.05 Å². The molecule has 2 aromatic carbocycles. The summed E-state index contributed by atoms with van der Waals surface area (Å²) in [5, 5.41) is 4.55. The normalized spacial score (nSPS) is 14.6. The number of carbonyl (C=O) groups is 1. The lowest BCUT2D eigenvalue weighted by molar-refractivity contribution is 0.0638. The standard InChI is InChI=1S/C26H27N5O2/c1-28-18-22(24-23(19-28)26(33)31(27-24)21-10-6-3-7-11-21)25(32)30-16-14-29(15-17-30)13-12-20-8-4-2-5-9-20/h2-11,18-19H,12-17H2,1H3. The van der Waals surface area contributed by atoms with Gasteiger partial charge >= 0.3 is 0 Å². The molecular weight excluding hydrogens is 414 g/mol. The van der Waals surface area contributed by atoms with Crippen LogP contribution in [-0.2, 0) is 13.5 Å². The van der Waals surface area contributed by atoms with Crippen LogP contribution in [0.4, 0.5) is 0 Å². The number of hydrogen-bond acceptors (Lipinski definition) is 4. The van der Waals surface area contributed by atoms with Crippen LogP contribution in [0.1, 0.15) is 15.9 Å². The number of para-hydroxylation sites is 1. The van der Waals surface area contributed by atoms with Crippen LogP contribution >= 0.6 is 0 Å². The Morgan fingerprint density at radius 2 is 1.58 bits per heavy atom. The third kappa shape index (κ3) is 4.32. The van der Waals surface area contributed by atoms with Crippen LogP contribution in [0.5, 0.6) is 0 Å². The van der Waals surface area contributed by atoms with Crippen LogP contribution in [0.25, 0.3) is 16.9 Å². The number of pyridine rings is 1. The largest absolute Gasteiger partial charge is 0.356 e. The van der Waals surface area contributed by atoms with E-state index in [1.807, 2.05) is 48.3 Å². The summed E-state index contributed by atoms with van der Waals surface area (Å²) in [4.78, 5) is 30.7. The van der Waals surface area contributed by atoms with Gasteiger partial charge in [0.1, 0.15) is 5.69 Å². The molecule has 1 saturated heterocycles. The molecular formula is C26H27N5O2. The van der Waals surface area contributed by atoms with Crippen LogP contribution in [0.3, 0.4) is 0 Å². The minimum atomic E-state index is -0.216. The molecule has 0 aliphatic carbocycles. The number of benzene rings is 2. The highest BCUT2D eigenvalue weighted by molar-refractivity contribution is 6.00. The highest BCUT2D eigenvalue weighted by Crippen LogP contribution is 2.23. The first kappa shape index (κ1) is 21.2. The van der Waals surface area contributed by atoms with E-state index in [0.29, 0.717) is 35.6 Å². The van der Waals surface area contributed by atoms with E-state index in [1.165, 1.54) is 10.2 Å². The van der Waals surface area contributed by atoms with Crippen molar-refractivity contribution in [3.8, 4) is 16.9 Å². The molecule has 3 heterocycles. The van der Waals surface area contributed by atoms with Crippen LogP contribution < -0.4 is 5.56 Å².